The number of benzene rings is 2. The van der Waals surface area contributed by atoms with Crippen molar-refractivity contribution in [2.45, 2.75) is 19.8 Å². The minimum atomic E-state index is 0.0833. The number of carbonyl (C=O) groups excluding carboxylic acids is 1. The van der Waals surface area contributed by atoms with Crippen LogP contribution in [0.3, 0.4) is 0 Å². The normalized spacial score (nSPS) is 12.9. The van der Waals surface area contributed by atoms with Crippen molar-refractivity contribution in [3.63, 3.8) is 0 Å². The second kappa shape index (κ2) is 5.82. The van der Waals surface area contributed by atoms with Crippen molar-refractivity contribution >= 4 is 33.3 Å². The van der Waals surface area contributed by atoms with Crippen molar-refractivity contribution < 1.29 is 9.53 Å². The molecule has 0 aromatic heterocycles. The molecule has 0 amide bonds. The lowest BCUT2D eigenvalue weighted by atomic mass is 9.97. The second-order valence-corrected chi connectivity index (χ2v) is 6.56. The molecular formula is C17H14BrClO2. The first kappa shape index (κ1) is 14.6. The molecule has 0 saturated heterocycles. The fraction of sp³-hybridized carbons (Fsp3) is 0.235. The van der Waals surface area contributed by atoms with Gasteiger partial charge in [0.2, 0.25) is 0 Å². The van der Waals surface area contributed by atoms with Crippen LogP contribution in [0.1, 0.15) is 27.0 Å². The quantitative estimate of drug-likeness (QED) is 0.732. The van der Waals surface area contributed by atoms with E-state index < -0.39 is 0 Å². The molecule has 4 heteroatoms. The third kappa shape index (κ3) is 2.99. The Bertz CT molecular complexity index is 725. The van der Waals surface area contributed by atoms with Crippen molar-refractivity contribution in [2.75, 3.05) is 6.61 Å². The van der Waals surface area contributed by atoms with Crippen molar-refractivity contribution in [2.24, 2.45) is 0 Å². The topological polar surface area (TPSA) is 26.3 Å². The average molecular weight is 366 g/mol. The number of fused-ring (bicyclic) bond motifs is 1. The Kier molecular flexibility index (Phi) is 4.05. The summed E-state index contributed by atoms with van der Waals surface area (Å²) in [6.45, 7) is 2.60. The van der Waals surface area contributed by atoms with Gasteiger partial charge in [-0.1, -0.05) is 33.6 Å². The maximum Gasteiger partial charge on any atom is 0.167 e. The van der Waals surface area contributed by atoms with Gasteiger partial charge in [-0.3, -0.25) is 4.79 Å². The van der Waals surface area contributed by atoms with Crippen molar-refractivity contribution in [1.29, 1.82) is 0 Å². The van der Waals surface area contributed by atoms with Crippen LogP contribution in [0.4, 0.5) is 0 Å². The summed E-state index contributed by atoms with van der Waals surface area (Å²) in [4.78, 5) is 12.5. The molecule has 0 spiro atoms. The van der Waals surface area contributed by atoms with Crippen LogP contribution in [-0.4, -0.2) is 12.4 Å². The van der Waals surface area contributed by atoms with Crippen LogP contribution in [0.15, 0.2) is 34.8 Å². The molecule has 0 radical (unpaired) electrons. The summed E-state index contributed by atoms with van der Waals surface area (Å²) >= 11 is 9.55. The molecule has 0 atom stereocenters. The van der Waals surface area contributed by atoms with Gasteiger partial charge in [0.25, 0.3) is 0 Å². The van der Waals surface area contributed by atoms with Crippen LogP contribution < -0.4 is 4.74 Å². The number of aryl methyl sites for hydroxylation is 1. The highest BCUT2D eigenvalue weighted by Crippen LogP contribution is 2.33. The molecule has 2 aromatic rings. The van der Waals surface area contributed by atoms with Gasteiger partial charge in [0.15, 0.2) is 5.78 Å². The minimum absolute atomic E-state index is 0.0833. The minimum Gasteiger partial charge on any atom is -0.493 e. The van der Waals surface area contributed by atoms with Crippen LogP contribution in [0.5, 0.6) is 5.75 Å². The lowest BCUT2D eigenvalue weighted by Crippen LogP contribution is -2.07. The zero-order chi connectivity index (χ0) is 15.0. The zero-order valence-electron chi connectivity index (χ0n) is 11.6. The number of Topliss-reactive ketones (excluding diaryl/α,β-unsaturated/α-hetero) is 1. The Morgan fingerprint density at radius 3 is 2.90 bits per heavy atom. The van der Waals surface area contributed by atoms with Gasteiger partial charge in [0, 0.05) is 33.5 Å². The third-order valence-electron chi connectivity index (χ3n) is 3.67. The summed E-state index contributed by atoms with van der Waals surface area (Å²) in [6, 6.07) is 9.44. The summed E-state index contributed by atoms with van der Waals surface area (Å²) < 4.78 is 6.63. The van der Waals surface area contributed by atoms with Gasteiger partial charge in [0.1, 0.15) is 5.75 Å². The Labute approximate surface area is 137 Å². The van der Waals surface area contributed by atoms with Crippen molar-refractivity contribution in [3.05, 3.63) is 62.1 Å². The summed E-state index contributed by atoms with van der Waals surface area (Å²) in [5, 5.41) is 0.662. The van der Waals surface area contributed by atoms with Crippen LogP contribution >= 0.6 is 27.5 Å². The molecule has 3 rings (SSSR count). The van der Waals surface area contributed by atoms with E-state index in [0.29, 0.717) is 18.1 Å². The summed E-state index contributed by atoms with van der Waals surface area (Å²) in [5.74, 6) is 0.919. The lowest BCUT2D eigenvalue weighted by molar-refractivity contribution is 0.0991. The number of rotatable bonds is 3. The maximum atomic E-state index is 12.5. The monoisotopic (exact) mass is 364 g/mol. The first-order chi connectivity index (χ1) is 10.0. The number of hydrogen-bond acceptors (Lipinski definition) is 2. The molecule has 2 nitrogen and oxygen atoms in total. The molecule has 0 saturated carbocycles. The van der Waals surface area contributed by atoms with E-state index >= 15 is 0 Å². The van der Waals surface area contributed by atoms with Crippen molar-refractivity contribution in [1.82, 2.24) is 0 Å². The van der Waals surface area contributed by atoms with Gasteiger partial charge in [-0.05, 0) is 42.3 Å². The largest absolute Gasteiger partial charge is 0.493 e. The smallest absolute Gasteiger partial charge is 0.167 e. The molecule has 2 aromatic carbocycles. The average Bonchev–Trinajstić information content (AvgIpc) is 2.86. The number of ether oxygens (including phenoxy) is 1. The van der Waals surface area contributed by atoms with Gasteiger partial charge in [-0.25, -0.2) is 0 Å². The molecule has 108 valence electrons. The summed E-state index contributed by atoms with van der Waals surface area (Å²) in [7, 11) is 0. The fourth-order valence-corrected chi connectivity index (χ4v) is 3.42. The molecule has 1 aliphatic heterocycles. The number of hydrogen-bond donors (Lipinski definition) is 0. The molecule has 0 unspecified atom stereocenters. The number of ketones is 1. The third-order valence-corrected chi connectivity index (χ3v) is 4.38. The summed E-state index contributed by atoms with van der Waals surface area (Å²) in [5.41, 5.74) is 3.68. The van der Waals surface area contributed by atoms with E-state index in [1.807, 2.05) is 37.3 Å². The first-order valence-electron chi connectivity index (χ1n) is 6.78. The molecule has 1 heterocycles. The fourth-order valence-electron chi connectivity index (χ4n) is 2.69. The highest BCUT2D eigenvalue weighted by Gasteiger charge is 2.20. The standard InChI is InChI=1S/C17H14BrClO2/c1-10-6-13(18)2-3-15(10)16(20)9-12-8-14(19)7-11-4-5-21-17(11)12/h2-3,6-8H,4-5,9H2,1H3. The SMILES string of the molecule is Cc1cc(Br)ccc1C(=O)Cc1cc(Cl)cc2c1OCC2. The van der Waals surface area contributed by atoms with E-state index in [2.05, 4.69) is 15.9 Å². The van der Waals surface area contributed by atoms with Crippen LogP contribution in [0, 0.1) is 6.92 Å². The van der Waals surface area contributed by atoms with Gasteiger partial charge < -0.3 is 4.74 Å². The van der Waals surface area contributed by atoms with E-state index in [0.717, 1.165) is 38.9 Å². The van der Waals surface area contributed by atoms with Gasteiger partial charge >= 0.3 is 0 Å². The lowest BCUT2D eigenvalue weighted by Gasteiger charge is -2.10. The summed E-state index contributed by atoms with van der Waals surface area (Å²) in [6.07, 6.45) is 1.17. The predicted octanol–water partition coefficient (Wildman–Crippen LogP) is 4.77. The van der Waals surface area contributed by atoms with Crippen LogP contribution in [-0.2, 0) is 12.8 Å². The maximum absolute atomic E-state index is 12.5. The Morgan fingerprint density at radius 1 is 1.33 bits per heavy atom. The Hall–Kier alpha value is -1.32. The van der Waals surface area contributed by atoms with Crippen molar-refractivity contribution in [3.8, 4) is 5.75 Å². The predicted molar refractivity (Wildman–Crippen MR) is 87.6 cm³/mol. The first-order valence-corrected chi connectivity index (χ1v) is 7.95. The van der Waals surface area contributed by atoms with E-state index in [1.54, 1.807) is 0 Å². The highest BCUT2D eigenvalue weighted by atomic mass is 79.9. The molecule has 21 heavy (non-hydrogen) atoms. The Morgan fingerprint density at radius 2 is 2.14 bits per heavy atom. The highest BCUT2D eigenvalue weighted by molar-refractivity contribution is 9.10. The van der Waals surface area contributed by atoms with E-state index in [-0.39, 0.29) is 5.78 Å². The van der Waals surface area contributed by atoms with Gasteiger partial charge in [0.05, 0.1) is 6.61 Å². The molecule has 0 aliphatic carbocycles. The molecule has 0 N–H and O–H groups in total. The zero-order valence-corrected chi connectivity index (χ0v) is 13.9. The molecular weight excluding hydrogens is 352 g/mol. The second-order valence-electron chi connectivity index (χ2n) is 5.21. The van der Waals surface area contributed by atoms with E-state index in [9.17, 15) is 4.79 Å². The molecule has 0 fully saturated rings. The van der Waals surface area contributed by atoms with E-state index in [4.69, 9.17) is 16.3 Å². The Balaban J connectivity index is 1.92. The van der Waals surface area contributed by atoms with Crippen LogP contribution in [0.2, 0.25) is 5.02 Å². The van der Waals surface area contributed by atoms with Crippen LogP contribution in [0.25, 0.3) is 0 Å². The molecule has 1 aliphatic rings. The number of halogens is 2. The molecule has 0 bridgehead atoms. The number of carbonyl (C=O) groups is 1. The van der Waals surface area contributed by atoms with Gasteiger partial charge in [-0.2, -0.15) is 0 Å². The van der Waals surface area contributed by atoms with E-state index in [1.165, 1.54) is 0 Å². The van der Waals surface area contributed by atoms with Gasteiger partial charge in [-0.15, -0.1) is 0 Å².